The van der Waals surface area contributed by atoms with Crippen molar-refractivity contribution in [1.82, 2.24) is 10.2 Å². The first-order valence-corrected chi connectivity index (χ1v) is 6.29. The van der Waals surface area contributed by atoms with Crippen LogP contribution in [0.2, 0.25) is 0 Å². The Bertz CT molecular complexity index is 343. The van der Waals surface area contributed by atoms with Gasteiger partial charge in [-0.25, -0.2) is 0 Å². The maximum atomic E-state index is 12.0. The number of ketones is 1. The summed E-state index contributed by atoms with van der Waals surface area (Å²) in [5.74, 6) is 0.605. The standard InChI is InChI=1S/C12H22N4O2.ClH/c1-9(17)8-16-7-6-15-11(12(16)18)4-3-5-14-10(2)13;/h11,15H,3-8H2,1-2H3,(H2,13,14);1H/t11-;/m0./s1. The molecule has 110 valence electrons. The average molecular weight is 291 g/mol. The highest BCUT2D eigenvalue weighted by Crippen LogP contribution is 2.07. The second-order valence-corrected chi connectivity index (χ2v) is 4.63. The predicted octanol–water partition coefficient (Wildman–Crippen LogP) is -0.0451. The SMILES string of the molecule is CC(=O)CN1CCN[C@@H](CCCN=C(C)N)C1=O.Cl. The zero-order valence-corrected chi connectivity index (χ0v) is 12.3. The first-order valence-electron chi connectivity index (χ1n) is 6.29. The van der Waals surface area contributed by atoms with Crippen molar-refractivity contribution in [2.24, 2.45) is 10.7 Å². The third-order valence-electron chi connectivity index (χ3n) is 2.81. The van der Waals surface area contributed by atoms with Crippen LogP contribution in [0.25, 0.3) is 0 Å². The molecule has 0 aromatic heterocycles. The van der Waals surface area contributed by atoms with Gasteiger partial charge < -0.3 is 16.0 Å². The third kappa shape index (κ3) is 6.54. The van der Waals surface area contributed by atoms with E-state index >= 15 is 0 Å². The van der Waals surface area contributed by atoms with Gasteiger partial charge in [-0.15, -0.1) is 12.4 Å². The molecule has 0 spiro atoms. The van der Waals surface area contributed by atoms with E-state index in [-0.39, 0.29) is 36.7 Å². The zero-order chi connectivity index (χ0) is 13.5. The Hall–Kier alpha value is -1.14. The lowest BCUT2D eigenvalue weighted by atomic mass is 10.1. The van der Waals surface area contributed by atoms with Gasteiger partial charge >= 0.3 is 0 Å². The van der Waals surface area contributed by atoms with Gasteiger partial charge in [-0.2, -0.15) is 0 Å². The van der Waals surface area contributed by atoms with Crippen LogP contribution in [0.15, 0.2) is 4.99 Å². The lowest BCUT2D eigenvalue weighted by molar-refractivity contribution is -0.138. The summed E-state index contributed by atoms with van der Waals surface area (Å²) in [6, 6.07) is -0.189. The van der Waals surface area contributed by atoms with Gasteiger partial charge in [0, 0.05) is 19.6 Å². The summed E-state index contributed by atoms with van der Waals surface area (Å²) >= 11 is 0. The first kappa shape index (κ1) is 17.9. The Morgan fingerprint density at radius 2 is 2.21 bits per heavy atom. The van der Waals surface area contributed by atoms with Gasteiger partial charge in [-0.1, -0.05) is 0 Å². The van der Waals surface area contributed by atoms with E-state index in [9.17, 15) is 9.59 Å². The number of nitrogens with one attached hydrogen (secondary N) is 1. The molecule has 0 aliphatic carbocycles. The maximum absolute atomic E-state index is 12.0. The van der Waals surface area contributed by atoms with E-state index in [1.54, 1.807) is 11.8 Å². The van der Waals surface area contributed by atoms with Crippen LogP contribution in [0.3, 0.4) is 0 Å². The number of halogens is 1. The number of amides is 1. The van der Waals surface area contributed by atoms with Crippen LogP contribution in [0, 0.1) is 0 Å². The fourth-order valence-electron chi connectivity index (χ4n) is 1.99. The van der Waals surface area contributed by atoms with Crippen LogP contribution in [0.5, 0.6) is 0 Å². The molecular formula is C12H23ClN4O2. The Labute approximate surface area is 120 Å². The van der Waals surface area contributed by atoms with Gasteiger partial charge in [-0.05, 0) is 26.7 Å². The molecule has 3 N–H and O–H groups in total. The molecule has 0 bridgehead atoms. The summed E-state index contributed by atoms with van der Waals surface area (Å²) in [4.78, 5) is 28.8. The zero-order valence-electron chi connectivity index (χ0n) is 11.5. The highest BCUT2D eigenvalue weighted by molar-refractivity contribution is 5.88. The Morgan fingerprint density at radius 3 is 2.79 bits per heavy atom. The molecule has 1 heterocycles. The number of piperazine rings is 1. The normalized spacial score (nSPS) is 20.1. The van der Waals surface area contributed by atoms with Crippen LogP contribution >= 0.6 is 12.4 Å². The molecule has 0 aromatic carbocycles. The van der Waals surface area contributed by atoms with Gasteiger partial charge in [0.1, 0.15) is 5.78 Å². The fraction of sp³-hybridized carbons (Fsp3) is 0.750. The van der Waals surface area contributed by atoms with Crippen LogP contribution in [-0.2, 0) is 9.59 Å². The van der Waals surface area contributed by atoms with Crippen molar-refractivity contribution in [3.63, 3.8) is 0 Å². The van der Waals surface area contributed by atoms with Gasteiger partial charge in [0.2, 0.25) is 5.91 Å². The Balaban J connectivity index is 0.00000324. The van der Waals surface area contributed by atoms with Crippen LogP contribution in [0.4, 0.5) is 0 Å². The largest absolute Gasteiger partial charge is 0.388 e. The van der Waals surface area contributed by atoms with Crippen molar-refractivity contribution in [2.75, 3.05) is 26.2 Å². The summed E-state index contributed by atoms with van der Waals surface area (Å²) < 4.78 is 0. The molecule has 1 fully saturated rings. The number of rotatable bonds is 6. The molecule has 1 rings (SSSR count). The van der Waals surface area contributed by atoms with E-state index in [1.165, 1.54) is 6.92 Å². The number of aliphatic imine (C=N–C) groups is 1. The average Bonchev–Trinajstić information content (AvgIpc) is 2.28. The molecule has 1 amide bonds. The van der Waals surface area contributed by atoms with Crippen LogP contribution < -0.4 is 11.1 Å². The summed E-state index contributed by atoms with van der Waals surface area (Å²) in [6.45, 7) is 5.46. The minimum Gasteiger partial charge on any atom is -0.388 e. The Kier molecular flexibility index (Phi) is 8.34. The molecule has 6 nitrogen and oxygen atoms in total. The molecule has 1 aliphatic rings. The van der Waals surface area contributed by atoms with Gasteiger partial charge in [0.15, 0.2) is 0 Å². The molecule has 1 saturated heterocycles. The summed E-state index contributed by atoms with van der Waals surface area (Å²) in [5, 5.41) is 3.18. The van der Waals surface area contributed by atoms with Gasteiger partial charge in [-0.3, -0.25) is 14.6 Å². The molecule has 0 radical (unpaired) electrons. The molecular weight excluding hydrogens is 268 g/mol. The maximum Gasteiger partial charge on any atom is 0.240 e. The van der Waals surface area contributed by atoms with Gasteiger partial charge in [0.05, 0.1) is 18.4 Å². The van der Waals surface area contributed by atoms with Crippen molar-refractivity contribution in [1.29, 1.82) is 0 Å². The third-order valence-corrected chi connectivity index (χ3v) is 2.81. The second-order valence-electron chi connectivity index (χ2n) is 4.63. The minimum atomic E-state index is -0.189. The van der Waals surface area contributed by atoms with Crippen molar-refractivity contribution in [2.45, 2.75) is 32.7 Å². The molecule has 0 aromatic rings. The van der Waals surface area contributed by atoms with Crippen molar-refractivity contribution < 1.29 is 9.59 Å². The summed E-state index contributed by atoms with van der Waals surface area (Å²) in [6.07, 6.45) is 1.54. The van der Waals surface area contributed by atoms with Crippen LogP contribution in [0.1, 0.15) is 26.7 Å². The highest BCUT2D eigenvalue weighted by Gasteiger charge is 2.28. The fourth-order valence-corrected chi connectivity index (χ4v) is 1.99. The number of hydrogen-bond acceptors (Lipinski definition) is 4. The monoisotopic (exact) mass is 290 g/mol. The number of Topliss-reactive ketones (excluding diaryl/α,β-unsaturated/α-hetero) is 1. The first-order chi connectivity index (χ1) is 8.50. The number of nitrogens with zero attached hydrogens (tertiary/aromatic N) is 2. The molecule has 7 heteroatoms. The minimum absolute atomic E-state index is 0. The predicted molar refractivity (Wildman–Crippen MR) is 77.7 cm³/mol. The summed E-state index contributed by atoms with van der Waals surface area (Å²) in [5.41, 5.74) is 5.44. The molecule has 1 aliphatic heterocycles. The number of amidine groups is 1. The Morgan fingerprint density at radius 1 is 1.53 bits per heavy atom. The van der Waals surface area contributed by atoms with Crippen molar-refractivity contribution in [3.05, 3.63) is 0 Å². The molecule has 0 unspecified atom stereocenters. The molecule has 19 heavy (non-hydrogen) atoms. The molecule has 0 saturated carbocycles. The quantitative estimate of drug-likeness (QED) is 0.408. The van der Waals surface area contributed by atoms with E-state index in [0.717, 1.165) is 19.4 Å². The molecule has 1 atom stereocenters. The number of nitrogens with two attached hydrogens (primary N) is 1. The van der Waals surface area contributed by atoms with E-state index in [1.807, 2.05) is 0 Å². The van der Waals surface area contributed by atoms with Crippen molar-refractivity contribution in [3.8, 4) is 0 Å². The van der Waals surface area contributed by atoms with E-state index in [4.69, 9.17) is 5.73 Å². The van der Waals surface area contributed by atoms with Gasteiger partial charge in [0.25, 0.3) is 0 Å². The summed E-state index contributed by atoms with van der Waals surface area (Å²) in [7, 11) is 0. The number of carbonyl (C=O) groups excluding carboxylic acids is 2. The number of hydrogen-bond donors (Lipinski definition) is 2. The van der Waals surface area contributed by atoms with E-state index in [2.05, 4.69) is 10.3 Å². The van der Waals surface area contributed by atoms with E-state index in [0.29, 0.717) is 18.9 Å². The lowest BCUT2D eigenvalue weighted by Crippen LogP contribution is -2.55. The second kappa shape index (κ2) is 8.87. The smallest absolute Gasteiger partial charge is 0.240 e. The van der Waals surface area contributed by atoms with Crippen molar-refractivity contribution >= 4 is 29.9 Å². The van der Waals surface area contributed by atoms with E-state index < -0.39 is 0 Å². The topological polar surface area (TPSA) is 87.8 Å². The lowest BCUT2D eigenvalue weighted by Gasteiger charge is -2.32. The highest BCUT2D eigenvalue weighted by atomic mass is 35.5. The number of carbonyl (C=O) groups is 2. The van der Waals surface area contributed by atoms with Crippen LogP contribution in [-0.4, -0.2) is 54.6 Å².